The maximum absolute atomic E-state index is 13.6. The molecule has 1 aliphatic rings. The first-order chi connectivity index (χ1) is 13.8. The Hall–Kier alpha value is -2.33. The Morgan fingerprint density at radius 2 is 2.14 bits per heavy atom. The number of ether oxygens (including phenoxy) is 1. The molecule has 0 saturated heterocycles. The number of fused-ring (bicyclic) bond motifs is 3. The zero-order valence-electron chi connectivity index (χ0n) is 15.4. The molecule has 7 nitrogen and oxygen atoms in total. The topological polar surface area (TPSA) is 94.7 Å². The van der Waals surface area contributed by atoms with Crippen molar-refractivity contribution in [1.82, 2.24) is 9.29 Å². The van der Waals surface area contributed by atoms with Gasteiger partial charge in [-0.3, -0.25) is 4.72 Å². The normalized spacial score (nSPS) is 17.3. The summed E-state index contributed by atoms with van der Waals surface area (Å²) in [6.07, 6.45) is 0. The van der Waals surface area contributed by atoms with Crippen molar-refractivity contribution in [3.05, 3.63) is 58.5 Å². The third kappa shape index (κ3) is 3.66. The highest BCUT2D eigenvalue weighted by Crippen LogP contribution is 2.37. The van der Waals surface area contributed by atoms with Crippen molar-refractivity contribution in [1.29, 1.82) is 0 Å². The number of aliphatic hydroxyl groups is 1. The molecule has 1 atom stereocenters. The van der Waals surface area contributed by atoms with E-state index in [9.17, 15) is 17.9 Å². The molecule has 1 aromatic heterocycles. The number of anilines is 1. The van der Waals surface area contributed by atoms with Crippen LogP contribution in [-0.4, -0.2) is 43.1 Å². The quantitative estimate of drug-likeness (QED) is 0.569. The van der Waals surface area contributed by atoms with E-state index in [0.29, 0.717) is 10.7 Å². The van der Waals surface area contributed by atoms with Crippen LogP contribution in [0.5, 0.6) is 5.75 Å². The molecule has 3 N–H and O–H groups in total. The molecule has 0 fully saturated rings. The van der Waals surface area contributed by atoms with Crippen molar-refractivity contribution < 1.29 is 22.7 Å². The first-order valence-corrected chi connectivity index (χ1v) is 10.7. The molecule has 1 aliphatic heterocycles. The minimum Gasteiger partial charge on any atom is -0.494 e. The number of nitrogens with zero attached hydrogens (tertiary/aromatic N) is 1. The Kier molecular flexibility index (Phi) is 5.16. The van der Waals surface area contributed by atoms with E-state index in [4.69, 9.17) is 16.3 Å². The Morgan fingerprint density at radius 1 is 1.34 bits per heavy atom. The molecule has 0 spiro atoms. The minimum absolute atomic E-state index is 0.0631. The highest BCUT2D eigenvalue weighted by molar-refractivity contribution is 7.90. The lowest BCUT2D eigenvalue weighted by Gasteiger charge is -2.31. The molecular weight excluding hydrogens is 421 g/mol. The summed E-state index contributed by atoms with van der Waals surface area (Å²) in [7, 11) is -2.65. The number of hydrogen-bond acceptors (Lipinski definition) is 4. The number of halogens is 2. The average Bonchev–Trinajstić information content (AvgIpc) is 3.06. The number of aliphatic hydroxyl groups excluding tert-OH is 1. The third-order valence-corrected chi connectivity index (χ3v) is 6.69. The smallest absolute Gasteiger partial charge is 0.302 e. The van der Waals surface area contributed by atoms with E-state index >= 15 is 0 Å². The molecule has 154 valence electrons. The minimum atomic E-state index is -3.96. The molecule has 2 aromatic carbocycles. The number of aromatic nitrogens is 1. The highest BCUT2D eigenvalue weighted by atomic mass is 35.5. The predicted octanol–water partition coefficient (Wildman–Crippen LogP) is 3.22. The van der Waals surface area contributed by atoms with Crippen molar-refractivity contribution in [2.45, 2.75) is 12.5 Å². The van der Waals surface area contributed by atoms with E-state index in [-0.39, 0.29) is 31.1 Å². The zero-order chi connectivity index (χ0) is 20.8. The number of aromatic amines is 1. The van der Waals surface area contributed by atoms with Crippen LogP contribution in [0.25, 0.3) is 10.9 Å². The fourth-order valence-electron chi connectivity index (χ4n) is 3.68. The number of hydrogen-bond donors (Lipinski definition) is 3. The summed E-state index contributed by atoms with van der Waals surface area (Å²) in [6.45, 7) is -0.0225. The van der Waals surface area contributed by atoms with Gasteiger partial charge in [0.25, 0.3) is 0 Å². The van der Waals surface area contributed by atoms with Crippen LogP contribution in [0, 0.1) is 5.82 Å². The summed E-state index contributed by atoms with van der Waals surface area (Å²) in [4.78, 5) is 3.23. The SMILES string of the molecule is COc1cc(NS(=O)(=O)N2Cc3[nH]c4ccc(Cl)cc4c3C(CO)C2)ccc1F. The van der Waals surface area contributed by atoms with Gasteiger partial charge in [0.15, 0.2) is 11.6 Å². The van der Waals surface area contributed by atoms with Gasteiger partial charge < -0.3 is 14.8 Å². The van der Waals surface area contributed by atoms with Crippen LogP contribution < -0.4 is 9.46 Å². The van der Waals surface area contributed by atoms with Gasteiger partial charge in [-0.1, -0.05) is 11.6 Å². The second-order valence-electron chi connectivity index (χ2n) is 6.84. The van der Waals surface area contributed by atoms with Gasteiger partial charge in [0.1, 0.15) is 0 Å². The Balaban J connectivity index is 1.67. The first-order valence-electron chi connectivity index (χ1n) is 8.84. The number of rotatable bonds is 5. The molecule has 10 heteroatoms. The second kappa shape index (κ2) is 7.49. The molecule has 2 heterocycles. The Morgan fingerprint density at radius 3 is 2.86 bits per heavy atom. The lowest BCUT2D eigenvalue weighted by Crippen LogP contribution is -2.42. The fraction of sp³-hybridized carbons (Fsp3) is 0.263. The number of benzene rings is 2. The summed E-state index contributed by atoms with van der Waals surface area (Å²) in [5.74, 6) is -1.06. The van der Waals surface area contributed by atoms with Crippen LogP contribution in [0.4, 0.5) is 10.1 Å². The van der Waals surface area contributed by atoms with E-state index in [0.717, 1.165) is 22.5 Å². The maximum atomic E-state index is 13.6. The fourth-order valence-corrected chi connectivity index (χ4v) is 5.08. The van der Waals surface area contributed by atoms with Gasteiger partial charge in [0, 0.05) is 40.1 Å². The summed E-state index contributed by atoms with van der Waals surface area (Å²) in [5, 5.41) is 11.4. The van der Waals surface area contributed by atoms with Crippen molar-refractivity contribution in [2.24, 2.45) is 0 Å². The molecule has 0 radical (unpaired) electrons. The molecular formula is C19H19ClFN3O4S. The van der Waals surface area contributed by atoms with E-state index < -0.39 is 21.9 Å². The van der Waals surface area contributed by atoms with Gasteiger partial charge in [-0.05, 0) is 35.9 Å². The number of methoxy groups -OCH3 is 1. The van der Waals surface area contributed by atoms with Gasteiger partial charge in [0.2, 0.25) is 0 Å². The highest BCUT2D eigenvalue weighted by Gasteiger charge is 2.34. The van der Waals surface area contributed by atoms with Crippen molar-refractivity contribution >= 4 is 38.4 Å². The van der Waals surface area contributed by atoms with Crippen LogP contribution in [0.3, 0.4) is 0 Å². The van der Waals surface area contributed by atoms with Crippen molar-refractivity contribution in [3.8, 4) is 5.75 Å². The number of H-pyrrole nitrogens is 1. The second-order valence-corrected chi connectivity index (χ2v) is 8.94. The van der Waals surface area contributed by atoms with Crippen LogP contribution in [0.1, 0.15) is 17.2 Å². The van der Waals surface area contributed by atoms with Crippen LogP contribution in [-0.2, 0) is 16.8 Å². The van der Waals surface area contributed by atoms with Gasteiger partial charge in [0.05, 0.1) is 25.9 Å². The van der Waals surface area contributed by atoms with E-state index in [1.165, 1.54) is 23.5 Å². The summed E-state index contributed by atoms with van der Waals surface area (Å²) < 4.78 is 48.1. The zero-order valence-corrected chi connectivity index (χ0v) is 17.0. The lowest BCUT2D eigenvalue weighted by atomic mass is 9.94. The summed E-state index contributed by atoms with van der Waals surface area (Å²) in [6, 6.07) is 9.10. The van der Waals surface area contributed by atoms with E-state index in [1.54, 1.807) is 6.07 Å². The monoisotopic (exact) mass is 439 g/mol. The van der Waals surface area contributed by atoms with Crippen molar-refractivity contribution in [2.75, 3.05) is 25.0 Å². The molecule has 3 aromatic rings. The summed E-state index contributed by atoms with van der Waals surface area (Å²) in [5.41, 5.74) is 2.58. The van der Waals surface area contributed by atoms with E-state index in [2.05, 4.69) is 9.71 Å². The molecule has 0 amide bonds. The van der Waals surface area contributed by atoms with Crippen molar-refractivity contribution in [3.63, 3.8) is 0 Å². The van der Waals surface area contributed by atoms with Gasteiger partial charge in [-0.2, -0.15) is 12.7 Å². The predicted molar refractivity (Wildman–Crippen MR) is 109 cm³/mol. The van der Waals surface area contributed by atoms with Gasteiger partial charge in [-0.15, -0.1) is 0 Å². The van der Waals surface area contributed by atoms with Crippen LogP contribution in [0.15, 0.2) is 36.4 Å². The Labute approximate surface area is 172 Å². The van der Waals surface area contributed by atoms with Gasteiger partial charge in [-0.25, -0.2) is 4.39 Å². The van der Waals surface area contributed by atoms with E-state index in [1.807, 2.05) is 12.1 Å². The molecule has 0 bridgehead atoms. The number of nitrogens with one attached hydrogen (secondary N) is 2. The Bertz CT molecular complexity index is 1180. The lowest BCUT2D eigenvalue weighted by molar-refractivity contribution is 0.230. The molecule has 0 saturated carbocycles. The average molecular weight is 440 g/mol. The van der Waals surface area contributed by atoms with Crippen LogP contribution in [0.2, 0.25) is 5.02 Å². The van der Waals surface area contributed by atoms with Gasteiger partial charge >= 0.3 is 10.2 Å². The largest absolute Gasteiger partial charge is 0.494 e. The first kappa shape index (κ1) is 20.0. The van der Waals surface area contributed by atoms with Crippen LogP contribution >= 0.6 is 11.6 Å². The summed E-state index contributed by atoms with van der Waals surface area (Å²) >= 11 is 6.11. The molecule has 29 heavy (non-hydrogen) atoms. The third-order valence-electron chi connectivity index (χ3n) is 5.01. The molecule has 4 rings (SSSR count). The molecule has 1 unspecified atom stereocenters. The maximum Gasteiger partial charge on any atom is 0.302 e. The molecule has 0 aliphatic carbocycles. The standard InChI is InChI=1S/C19H19ClFN3O4S/c1-28-18-7-13(3-4-15(18)21)23-29(26,27)24-8-11(10-25)19-14-6-12(20)2-5-16(14)22-17(19)9-24/h2-7,11,22-23,25H,8-10H2,1H3.